The molecule has 24 heavy (non-hydrogen) atoms. The Balaban J connectivity index is 1.64. The smallest absolute Gasteiger partial charge is 0.211 e. The Morgan fingerprint density at radius 2 is 2.08 bits per heavy atom. The third-order valence-corrected chi connectivity index (χ3v) is 6.30. The minimum atomic E-state index is -3.15. The van der Waals surface area contributed by atoms with E-state index >= 15 is 0 Å². The van der Waals surface area contributed by atoms with Crippen molar-refractivity contribution in [1.82, 2.24) is 23.8 Å². The largest absolute Gasteiger partial charge is 0.364 e. The number of anilines is 1. The van der Waals surface area contributed by atoms with E-state index in [-0.39, 0.29) is 6.04 Å². The van der Waals surface area contributed by atoms with Crippen molar-refractivity contribution in [2.45, 2.75) is 36.5 Å². The minimum Gasteiger partial charge on any atom is -0.364 e. The van der Waals surface area contributed by atoms with E-state index in [4.69, 9.17) is 0 Å². The van der Waals surface area contributed by atoms with Crippen LogP contribution >= 0.6 is 11.8 Å². The number of imidazole rings is 1. The molecule has 0 spiro atoms. The Kier molecular flexibility index (Phi) is 3.92. The van der Waals surface area contributed by atoms with Crippen molar-refractivity contribution >= 4 is 38.8 Å². The number of hydrogen-bond acceptors (Lipinski definition) is 7. The normalized spacial score (nSPS) is 22.3. The first-order valence-corrected chi connectivity index (χ1v) is 11.0. The van der Waals surface area contributed by atoms with Crippen molar-refractivity contribution < 1.29 is 8.42 Å². The fraction of sp³-hybridized carbons (Fsp3) is 0.643. The van der Waals surface area contributed by atoms with E-state index in [2.05, 4.69) is 24.8 Å². The number of hydrogen-bond donors (Lipinski definition) is 1. The molecule has 1 N–H and O–H groups in total. The molecule has 0 radical (unpaired) electrons. The zero-order chi connectivity index (χ0) is 16.9. The maximum Gasteiger partial charge on any atom is 0.211 e. The van der Waals surface area contributed by atoms with Crippen LogP contribution in [0.25, 0.3) is 11.2 Å². The van der Waals surface area contributed by atoms with Gasteiger partial charge in [-0.2, -0.15) is 0 Å². The predicted molar refractivity (Wildman–Crippen MR) is 93.8 cm³/mol. The SMILES string of the molecule is CSc1nc(N[C@H]2CCN(S(C)(=O)=O)C2)c2ncn(C3CC3)c2n1. The molecule has 4 rings (SSSR count). The van der Waals surface area contributed by atoms with Crippen molar-refractivity contribution in [3.63, 3.8) is 0 Å². The van der Waals surface area contributed by atoms with Crippen molar-refractivity contribution in [1.29, 1.82) is 0 Å². The molecule has 1 saturated carbocycles. The van der Waals surface area contributed by atoms with E-state index in [1.807, 2.05) is 12.6 Å². The highest BCUT2D eigenvalue weighted by atomic mass is 32.2. The molecule has 8 nitrogen and oxygen atoms in total. The Morgan fingerprint density at radius 1 is 1.29 bits per heavy atom. The summed E-state index contributed by atoms with van der Waals surface area (Å²) in [6.07, 6.45) is 8.13. The quantitative estimate of drug-likeness (QED) is 0.628. The topological polar surface area (TPSA) is 93.0 Å². The molecule has 2 aromatic rings. The highest BCUT2D eigenvalue weighted by molar-refractivity contribution is 7.98. The lowest BCUT2D eigenvalue weighted by atomic mass is 10.2. The molecule has 10 heteroatoms. The van der Waals surface area contributed by atoms with Gasteiger partial charge in [0.1, 0.15) is 0 Å². The monoisotopic (exact) mass is 368 g/mol. The number of thioether (sulfide) groups is 1. The van der Waals surface area contributed by atoms with Crippen LogP contribution in [-0.2, 0) is 10.0 Å². The molecule has 0 bridgehead atoms. The third kappa shape index (κ3) is 2.98. The highest BCUT2D eigenvalue weighted by Gasteiger charge is 2.30. The number of nitrogens with one attached hydrogen (secondary N) is 1. The van der Waals surface area contributed by atoms with Gasteiger partial charge in [-0.3, -0.25) is 0 Å². The summed E-state index contributed by atoms with van der Waals surface area (Å²) in [5.74, 6) is 0.698. The second-order valence-corrected chi connectivity index (χ2v) is 9.12. The summed E-state index contributed by atoms with van der Waals surface area (Å²) in [5, 5.41) is 4.09. The molecule has 2 aliphatic rings. The van der Waals surface area contributed by atoms with E-state index in [1.165, 1.54) is 35.2 Å². The van der Waals surface area contributed by atoms with Gasteiger partial charge in [0.25, 0.3) is 0 Å². The summed E-state index contributed by atoms with van der Waals surface area (Å²) in [5.41, 5.74) is 1.62. The van der Waals surface area contributed by atoms with Gasteiger partial charge in [-0.05, 0) is 25.5 Å². The lowest BCUT2D eigenvalue weighted by Gasteiger charge is -2.15. The predicted octanol–water partition coefficient (Wildman–Crippen LogP) is 1.33. The summed E-state index contributed by atoms with van der Waals surface area (Å²) in [7, 11) is -3.15. The molecule has 1 aliphatic carbocycles. The van der Waals surface area contributed by atoms with Crippen LogP contribution in [0.5, 0.6) is 0 Å². The van der Waals surface area contributed by atoms with Crippen LogP contribution < -0.4 is 5.32 Å². The van der Waals surface area contributed by atoms with Crippen LogP contribution in [0.1, 0.15) is 25.3 Å². The summed E-state index contributed by atoms with van der Waals surface area (Å²) in [4.78, 5) is 13.7. The zero-order valence-corrected chi connectivity index (χ0v) is 15.3. The molecule has 2 fully saturated rings. The van der Waals surface area contributed by atoms with Gasteiger partial charge in [0.2, 0.25) is 10.0 Å². The number of nitrogens with zero attached hydrogens (tertiary/aromatic N) is 5. The van der Waals surface area contributed by atoms with E-state index < -0.39 is 10.0 Å². The van der Waals surface area contributed by atoms with Crippen LogP contribution in [0.4, 0.5) is 5.82 Å². The molecule has 130 valence electrons. The van der Waals surface area contributed by atoms with Crippen molar-refractivity contribution in [3.05, 3.63) is 6.33 Å². The van der Waals surface area contributed by atoms with E-state index in [0.29, 0.717) is 30.1 Å². The molecule has 1 saturated heterocycles. The molecule has 0 aromatic carbocycles. The second kappa shape index (κ2) is 5.85. The lowest BCUT2D eigenvalue weighted by Crippen LogP contribution is -2.30. The van der Waals surface area contributed by atoms with Crippen molar-refractivity contribution in [2.24, 2.45) is 0 Å². The first kappa shape index (κ1) is 16.1. The Labute approximate surface area is 145 Å². The van der Waals surface area contributed by atoms with Gasteiger partial charge in [0.05, 0.1) is 12.6 Å². The molecular weight excluding hydrogens is 348 g/mol. The van der Waals surface area contributed by atoms with Crippen LogP contribution in [0.15, 0.2) is 11.5 Å². The van der Waals surface area contributed by atoms with Gasteiger partial charge in [0.15, 0.2) is 22.1 Å². The van der Waals surface area contributed by atoms with Crippen molar-refractivity contribution in [3.8, 4) is 0 Å². The van der Waals surface area contributed by atoms with Crippen LogP contribution in [0, 0.1) is 0 Å². The summed E-state index contributed by atoms with van der Waals surface area (Å²) < 4.78 is 27.0. The molecule has 0 amide bonds. The van der Waals surface area contributed by atoms with Gasteiger partial charge in [-0.1, -0.05) is 11.8 Å². The maximum atomic E-state index is 11.7. The number of rotatable bonds is 5. The van der Waals surface area contributed by atoms with Gasteiger partial charge in [-0.25, -0.2) is 27.7 Å². The fourth-order valence-corrected chi connectivity index (χ4v) is 4.30. The first-order chi connectivity index (χ1) is 11.5. The van der Waals surface area contributed by atoms with E-state index in [0.717, 1.165) is 17.6 Å². The Bertz CT molecular complexity index is 877. The maximum absolute atomic E-state index is 11.7. The van der Waals surface area contributed by atoms with E-state index in [9.17, 15) is 8.42 Å². The molecule has 1 aliphatic heterocycles. The van der Waals surface area contributed by atoms with Crippen molar-refractivity contribution in [2.75, 3.05) is 30.9 Å². The minimum absolute atomic E-state index is 0.0404. The summed E-state index contributed by atoms with van der Waals surface area (Å²) >= 11 is 1.50. The molecule has 2 aromatic heterocycles. The average molecular weight is 368 g/mol. The second-order valence-electron chi connectivity index (χ2n) is 6.37. The molecule has 1 atom stereocenters. The van der Waals surface area contributed by atoms with Gasteiger partial charge >= 0.3 is 0 Å². The fourth-order valence-electron chi connectivity index (χ4n) is 3.05. The first-order valence-electron chi connectivity index (χ1n) is 7.96. The van der Waals surface area contributed by atoms with Crippen LogP contribution in [0.3, 0.4) is 0 Å². The highest BCUT2D eigenvalue weighted by Crippen LogP contribution is 2.37. The lowest BCUT2D eigenvalue weighted by molar-refractivity contribution is 0.480. The number of sulfonamides is 1. The van der Waals surface area contributed by atoms with Gasteiger partial charge in [0, 0.05) is 25.2 Å². The summed E-state index contributed by atoms with van der Waals surface area (Å²) in [6.45, 7) is 0.999. The standard InChI is InChI=1S/C14H20N6O2S2/c1-23-14-17-12(16-9-5-6-19(7-9)24(2,21)22)11-13(18-14)20(8-15-11)10-3-4-10/h8-10H,3-7H2,1-2H3,(H,16,17,18)/t9-/m0/s1. The average Bonchev–Trinajstić information content (AvgIpc) is 3.09. The van der Waals surface area contributed by atoms with Gasteiger partial charge < -0.3 is 9.88 Å². The van der Waals surface area contributed by atoms with Crippen LogP contribution in [-0.4, -0.2) is 63.9 Å². The summed E-state index contributed by atoms with van der Waals surface area (Å²) in [6, 6.07) is 0.540. The number of aromatic nitrogens is 4. The van der Waals surface area contributed by atoms with E-state index in [1.54, 1.807) is 0 Å². The number of fused-ring (bicyclic) bond motifs is 1. The molecular formula is C14H20N6O2S2. The van der Waals surface area contributed by atoms with Gasteiger partial charge in [-0.15, -0.1) is 0 Å². The zero-order valence-electron chi connectivity index (χ0n) is 13.6. The third-order valence-electron chi connectivity index (χ3n) is 4.48. The molecule has 3 heterocycles. The molecule has 0 unspecified atom stereocenters. The Morgan fingerprint density at radius 3 is 2.71 bits per heavy atom. The Hall–Kier alpha value is -1.39. The van der Waals surface area contributed by atoms with Crippen LogP contribution in [0.2, 0.25) is 0 Å².